The summed E-state index contributed by atoms with van der Waals surface area (Å²) in [5.41, 5.74) is 1.79. The average molecular weight is 454 g/mol. The van der Waals surface area contributed by atoms with Gasteiger partial charge in [-0.1, -0.05) is 47.7 Å². The lowest BCUT2D eigenvalue weighted by molar-refractivity contribution is -0.113. The number of anilines is 1. The Balaban J connectivity index is 1.67. The molecule has 1 aromatic heterocycles. The smallest absolute Gasteiger partial charge is 0.254 e. The summed E-state index contributed by atoms with van der Waals surface area (Å²) in [7, 11) is 0. The van der Waals surface area contributed by atoms with Crippen LogP contribution in [0, 0.1) is 12.7 Å². The first-order chi connectivity index (χ1) is 15.4. The molecule has 3 aromatic rings. The molecule has 1 unspecified atom stereocenters. The standard InChI is InChI=1S/C23H24FN5O2S/c1-4-13-29-21(16(3)25-22(31)18-7-5-6-8-19(18)24)27-28-23(29)32-14-20(30)26-17-11-9-15(2)10-12-17/h4-12,16H,1,13-14H2,2-3H3,(H,25,31)(H,26,30). The van der Waals surface area contributed by atoms with Crippen molar-refractivity contribution in [2.45, 2.75) is 31.6 Å². The highest BCUT2D eigenvalue weighted by atomic mass is 32.2. The van der Waals surface area contributed by atoms with Gasteiger partial charge in [-0.2, -0.15) is 0 Å². The van der Waals surface area contributed by atoms with Gasteiger partial charge >= 0.3 is 0 Å². The molecule has 0 saturated heterocycles. The summed E-state index contributed by atoms with van der Waals surface area (Å²) in [5.74, 6) is -0.694. The van der Waals surface area contributed by atoms with E-state index in [2.05, 4.69) is 27.4 Å². The highest BCUT2D eigenvalue weighted by Crippen LogP contribution is 2.22. The van der Waals surface area contributed by atoms with Crippen LogP contribution in [0.2, 0.25) is 0 Å². The van der Waals surface area contributed by atoms with Crippen molar-refractivity contribution in [2.24, 2.45) is 0 Å². The van der Waals surface area contributed by atoms with Crippen LogP contribution in [-0.4, -0.2) is 32.3 Å². The maximum atomic E-state index is 13.9. The molecule has 0 aliphatic heterocycles. The van der Waals surface area contributed by atoms with Gasteiger partial charge in [0.1, 0.15) is 5.82 Å². The molecular weight excluding hydrogens is 429 g/mol. The molecule has 1 atom stereocenters. The molecular formula is C23H24FN5O2S. The Morgan fingerprint density at radius 2 is 1.91 bits per heavy atom. The maximum Gasteiger partial charge on any atom is 0.254 e. The Kier molecular flexibility index (Phi) is 7.77. The number of nitrogens with zero attached hydrogens (tertiary/aromatic N) is 3. The maximum absolute atomic E-state index is 13.9. The topological polar surface area (TPSA) is 88.9 Å². The van der Waals surface area contributed by atoms with Crippen molar-refractivity contribution >= 4 is 29.3 Å². The van der Waals surface area contributed by atoms with Crippen LogP contribution in [-0.2, 0) is 11.3 Å². The first-order valence-electron chi connectivity index (χ1n) is 9.97. The van der Waals surface area contributed by atoms with E-state index >= 15 is 0 Å². The predicted octanol–water partition coefficient (Wildman–Crippen LogP) is 4.13. The number of allylic oxidation sites excluding steroid dienone is 1. The minimum Gasteiger partial charge on any atom is -0.342 e. The number of thioether (sulfide) groups is 1. The van der Waals surface area contributed by atoms with Crippen molar-refractivity contribution in [1.82, 2.24) is 20.1 Å². The van der Waals surface area contributed by atoms with E-state index in [4.69, 9.17) is 0 Å². The lowest BCUT2D eigenvalue weighted by Gasteiger charge is -2.15. The monoisotopic (exact) mass is 453 g/mol. The minimum atomic E-state index is -0.597. The molecule has 7 nitrogen and oxygen atoms in total. The largest absolute Gasteiger partial charge is 0.342 e. The number of aromatic nitrogens is 3. The fourth-order valence-corrected chi connectivity index (χ4v) is 3.73. The fraction of sp³-hybridized carbons (Fsp3) is 0.217. The molecule has 0 spiro atoms. The predicted molar refractivity (Wildman–Crippen MR) is 123 cm³/mol. The van der Waals surface area contributed by atoms with Crippen LogP contribution < -0.4 is 10.6 Å². The van der Waals surface area contributed by atoms with E-state index < -0.39 is 17.8 Å². The van der Waals surface area contributed by atoms with Crippen LogP contribution in [0.25, 0.3) is 0 Å². The van der Waals surface area contributed by atoms with Gasteiger partial charge in [0.2, 0.25) is 5.91 Å². The zero-order valence-electron chi connectivity index (χ0n) is 17.8. The third-order valence-corrected chi connectivity index (χ3v) is 5.54. The van der Waals surface area contributed by atoms with Gasteiger partial charge in [-0.05, 0) is 38.1 Å². The Bertz CT molecular complexity index is 1110. The van der Waals surface area contributed by atoms with E-state index in [9.17, 15) is 14.0 Å². The first-order valence-corrected chi connectivity index (χ1v) is 11.0. The number of aryl methyl sites for hydroxylation is 1. The molecule has 3 rings (SSSR count). The Morgan fingerprint density at radius 3 is 2.59 bits per heavy atom. The van der Waals surface area contributed by atoms with Crippen LogP contribution >= 0.6 is 11.8 Å². The second-order valence-electron chi connectivity index (χ2n) is 7.12. The molecule has 2 N–H and O–H groups in total. The summed E-state index contributed by atoms with van der Waals surface area (Å²) < 4.78 is 15.7. The average Bonchev–Trinajstić information content (AvgIpc) is 3.17. The second-order valence-corrected chi connectivity index (χ2v) is 8.06. The van der Waals surface area contributed by atoms with E-state index in [-0.39, 0.29) is 17.2 Å². The van der Waals surface area contributed by atoms with Gasteiger partial charge in [0.15, 0.2) is 11.0 Å². The number of rotatable bonds is 9. The third kappa shape index (κ3) is 5.82. The first kappa shape index (κ1) is 23.2. The molecule has 9 heteroatoms. The van der Waals surface area contributed by atoms with Crippen molar-refractivity contribution in [3.05, 3.63) is 84.0 Å². The van der Waals surface area contributed by atoms with Gasteiger partial charge in [-0.3, -0.25) is 9.59 Å². The Hall–Kier alpha value is -3.46. The summed E-state index contributed by atoms with van der Waals surface area (Å²) in [4.78, 5) is 24.8. The molecule has 0 aliphatic carbocycles. The highest BCUT2D eigenvalue weighted by molar-refractivity contribution is 7.99. The zero-order chi connectivity index (χ0) is 23.1. The van der Waals surface area contributed by atoms with E-state index in [0.717, 1.165) is 11.3 Å². The highest BCUT2D eigenvalue weighted by Gasteiger charge is 2.21. The molecule has 32 heavy (non-hydrogen) atoms. The van der Waals surface area contributed by atoms with Gasteiger partial charge in [0, 0.05) is 12.2 Å². The number of amides is 2. The summed E-state index contributed by atoms with van der Waals surface area (Å²) in [6.45, 7) is 7.86. The quantitative estimate of drug-likeness (QED) is 0.376. The lowest BCUT2D eigenvalue weighted by Crippen LogP contribution is -2.29. The van der Waals surface area contributed by atoms with Gasteiger partial charge in [-0.15, -0.1) is 16.8 Å². The number of carbonyl (C=O) groups excluding carboxylic acids is 2. The van der Waals surface area contributed by atoms with Crippen molar-refractivity contribution < 1.29 is 14.0 Å². The SMILES string of the molecule is C=CCn1c(SCC(=O)Nc2ccc(C)cc2)nnc1C(C)NC(=O)c1ccccc1F. The summed E-state index contributed by atoms with van der Waals surface area (Å²) >= 11 is 1.23. The molecule has 0 radical (unpaired) electrons. The Morgan fingerprint density at radius 1 is 1.19 bits per heavy atom. The van der Waals surface area contributed by atoms with Gasteiger partial charge in [0.05, 0.1) is 17.4 Å². The van der Waals surface area contributed by atoms with Crippen LogP contribution in [0.15, 0.2) is 66.3 Å². The molecule has 2 amide bonds. The van der Waals surface area contributed by atoms with Crippen LogP contribution in [0.5, 0.6) is 0 Å². The van der Waals surface area contributed by atoms with Crippen LogP contribution in [0.4, 0.5) is 10.1 Å². The van der Waals surface area contributed by atoms with Gasteiger partial charge < -0.3 is 15.2 Å². The minimum absolute atomic E-state index is 0.0449. The van der Waals surface area contributed by atoms with Crippen molar-refractivity contribution in [3.8, 4) is 0 Å². The molecule has 0 bridgehead atoms. The summed E-state index contributed by atoms with van der Waals surface area (Å²) in [6.07, 6.45) is 1.68. The van der Waals surface area contributed by atoms with E-state index in [1.54, 1.807) is 23.6 Å². The number of halogens is 1. The van der Waals surface area contributed by atoms with Gasteiger partial charge in [-0.25, -0.2) is 4.39 Å². The van der Waals surface area contributed by atoms with E-state index in [1.807, 2.05) is 31.2 Å². The van der Waals surface area contributed by atoms with Crippen molar-refractivity contribution in [1.29, 1.82) is 0 Å². The van der Waals surface area contributed by atoms with Crippen LogP contribution in [0.1, 0.15) is 34.7 Å². The second kappa shape index (κ2) is 10.7. The molecule has 166 valence electrons. The number of carbonyl (C=O) groups is 2. The van der Waals surface area contributed by atoms with E-state index in [0.29, 0.717) is 17.5 Å². The lowest BCUT2D eigenvalue weighted by atomic mass is 10.2. The Labute approximate surface area is 190 Å². The number of nitrogens with one attached hydrogen (secondary N) is 2. The van der Waals surface area contributed by atoms with Crippen molar-refractivity contribution in [3.63, 3.8) is 0 Å². The number of hydrogen-bond donors (Lipinski definition) is 2. The van der Waals surface area contributed by atoms with Gasteiger partial charge in [0.25, 0.3) is 5.91 Å². The number of benzene rings is 2. The molecule has 0 saturated carbocycles. The third-order valence-electron chi connectivity index (χ3n) is 4.58. The summed E-state index contributed by atoms with van der Waals surface area (Å²) in [5, 5.41) is 14.4. The fourth-order valence-electron chi connectivity index (χ4n) is 2.98. The number of hydrogen-bond acceptors (Lipinski definition) is 5. The van der Waals surface area contributed by atoms with Crippen molar-refractivity contribution in [2.75, 3.05) is 11.1 Å². The zero-order valence-corrected chi connectivity index (χ0v) is 18.7. The molecule has 1 heterocycles. The molecule has 0 fully saturated rings. The van der Waals surface area contributed by atoms with E-state index in [1.165, 1.54) is 30.0 Å². The normalized spacial score (nSPS) is 11.6. The summed E-state index contributed by atoms with van der Waals surface area (Å²) in [6, 6.07) is 12.8. The molecule has 2 aromatic carbocycles. The van der Waals surface area contributed by atoms with Crippen LogP contribution in [0.3, 0.4) is 0 Å². The molecule has 0 aliphatic rings.